The molecule has 196 valence electrons. The van der Waals surface area contributed by atoms with Gasteiger partial charge in [0.25, 0.3) is 5.91 Å². The molecule has 0 aliphatic heterocycles. The summed E-state index contributed by atoms with van der Waals surface area (Å²) in [7, 11) is 0. The quantitative estimate of drug-likeness (QED) is 0.289. The summed E-state index contributed by atoms with van der Waals surface area (Å²) >= 11 is 0. The molecule has 1 saturated carbocycles. The minimum absolute atomic E-state index is 0.0982. The van der Waals surface area contributed by atoms with E-state index in [1.165, 1.54) is 12.0 Å². The summed E-state index contributed by atoms with van der Waals surface area (Å²) in [6, 6.07) is 23.9. The standard InChI is InChI=1S/C32H36N4O2/c1-23-12-11-17-28(35-23)29(37)36-31(2,20-24-21-33-27-16-8-7-15-26(24)27)30(38)34-22-32(18-9-4-10-19-32)25-13-5-3-6-14-25/h3,5-8,11-17,21,33H,4,9-10,18-20,22H2,1-2H3,(H,34,38)(H,36,37). The number of pyridine rings is 1. The van der Waals surface area contributed by atoms with Gasteiger partial charge in [-0.3, -0.25) is 9.59 Å². The molecule has 0 radical (unpaired) electrons. The lowest BCUT2D eigenvalue weighted by Crippen LogP contribution is -2.59. The monoisotopic (exact) mass is 508 g/mol. The fraction of sp³-hybridized carbons (Fsp3) is 0.344. The van der Waals surface area contributed by atoms with Crippen LogP contribution in [0.25, 0.3) is 10.9 Å². The summed E-state index contributed by atoms with van der Waals surface area (Å²) in [6.45, 7) is 4.20. The van der Waals surface area contributed by atoms with E-state index in [9.17, 15) is 9.59 Å². The van der Waals surface area contributed by atoms with Crippen molar-refractivity contribution in [3.63, 3.8) is 0 Å². The summed E-state index contributed by atoms with van der Waals surface area (Å²) in [6.07, 6.45) is 7.87. The zero-order valence-corrected chi connectivity index (χ0v) is 22.2. The highest BCUT2D eigenvalue weighted by atomic mass is 16.2. The second-order valence-corrected chi connectivity index (χ2v) is 10.9. The van der Waals surface area contributed by atoms with Gasteiger partial charge >= 0.3 is 0 Å². The molecule has 1 aliphatic rings. The molecule has 5 rings (SSSR count). The number of carbonyl (C=O) groups excluding carboxylic acids is 2. The molecular weight excluding hydrogens is 472 g/mol. The third-order valence-corrected chi connectivity index (χ3v) is 8.01. The Morgan fingerprint density at radius 2 is 1.68 bits per heavy atom. The van der Waals surface area contributed by atoms with Gasteiger partial charge in [-0.05, 0) is 56.0 Å². The van der Waals surface area contributed by atoms with Crippen LogP contribution in [-0.2, 0) is 16.6 Å². The van der Waals surface area contributed by atoms with Crippen molar-refractivity contribution in [3.05, 3.63) is 102 Å². The smallest absolute Gasteiger partial charge is 0.270 e. The van der Waals surface area contributed by atoms with Crippen molar-refractivity contribution < 1.29 is 9.59 Å². The third kappa shape index (κ3) is 5.35. The predicted molar refractivity (Wildman–Crippen MR) is 151 cm³/mol. The molecule has 1 unspecified atom stereocenters. The first kappa shape index (κ1) is 25.7. The Kier molecular flexibility index (Phi) is 7.32. The fourth-order valence-electron chi connectivity index (χ4n) is 5.86. The van der Waals surface area contributed by atoms with Crippen LogP contribution < -0.4 is 10.6 Å². The van der Waals surface area contributed by atoms with Crippen LogP contribution in [0, 0.1) is 6.92 Å². The molecule has 0 spiro atoms. The van der Waals surface area contributed by atoms with Crippen LogP contribution in [0.5, 0.6) is 0 Å². The lowest BCUT2D eigenvalue weighted by molar-refractivity contribution is -0.127. The molecule has 2 aromatic heterocycles. The Labute approximate surface area is 224 Å². The molecule has 2 amide bonds. The van der Waals surface area contributed by atoms with Gasteiger partial charge in [0.05, 0.1) is 0 Å². The minimum Gasteiger partial charge on any atom is -0.361 e. The number of aromatic amines is 1. The van der Waals surface area contributed by atoms with E-state index in [2.05, 4.69) is 44.9 Å². The van der Waals surface area contributed by atoms with Gasteiger partial charge < -0.3 is 15.6 Å². The molecule has 0 bridgehead atoms. The van der Waals surface area contributed by atoms with Crippen LogP contribution >= 0.6 is 0 Å². The number of amides is 2. The third-order valence-electron chi connectivity index (χ3n) is 8.01. The van der Waals surface area contributed by atoms with Crippen LogP contribution in [-0.4, -0.2) is 33.9 Å². The average molecular weight is 509 g/mol. The highest BCUT2D eigenvalue weighted by Gasteiger charge is 2.39. The number of aromatic nitrogens is 2. The zero-order chi connectivity index (χ0) is 26.6. The molecule has 2 aromatic carbocycles. The van der Waals surface area contributed by atoms with Crippen molar-refractivity contribution >= 4 is 22.7 Å². The largest absolute Gasteiger partial charge is 0.361 e. The SMILES string of the molecule is Cc1cccc(C(=O)NC(C)(Cc2c[nH]c3ccccc23)C(=O)NCC2(c3ccccc3)CCCCC2)n1. The predicted octanol–water partition coefficient (Wildman–Crippen LogP) is 5.62. The Morgan fingerprint density at radius 1 is 0.947 bits per heavy atom. The molecule has 6 heteroatoms. The van der Waals surface area contributed by atoms with Gasteiger partial charge in [0.1, 0.15) is 11.2 Å². The van der Waals surface area contributed by atoms with E-state index >= 15 is 0 Å². The number of benzene rings is 2. The lowest BCUT2D eigenvalue weighted by Gasteiger charge is -2.39. The second-order valence-electron chi connectivity index (χ2n) is 10.9. The van der Waals surface area contributed by atoms with E-state index in [0.717, 1.165) is 47.8 Å². The van der Waals surface area contributed by atoms with Gasteiger partial charge in [0, 0.05) is 41.2 Å². The average Bonchev–Trinajstić information content (AvgIpc) is 3.35. The Hall–Kier alpha value is -3.93. The molecule has 6 nitrogen and oxygen atoms in total. The number of H-pyrrole nitrogens is 1. The van der Waals surface area contributed by atoms with Crippen molar-refractivity contribution in [2.24, 2.45) is 0 Å². The van der Waals surface area contributed by atoms with E-state index in [1.54, 1.807) is 12.1 Å². The Balaban J connectivity index is 1.43. The molecule has 2 heterocycles. The normalized spacial score (nSPS) is 16.5. The topological polar surface area (TPSA) is 86.9 Å². The van der Waals surface area contributed by atoms with Gasteiger partial charge in [-0.2, -0.15) is 0 Å². The first-order valence-corrected chi connectivity index (χ1v) is 13.5. The molecule has 1 aliphatic carbocycles. The number of aryl methyl sites for hydroxylation is 1. The van der Waals surface area contributed by atoms with Crippen LogP contribution in [0.3, 0.4) is 0 Å². The summed E-state index contributed by atoms with van der Waals surface area (Å²) in [5.74, 6) is -0.550. The zero-order valence-electron chi connectivity index (χ0n) is 22.2. The van der Waals surface area contributed by atoms with Crippen molar-refractivity contribution in [1.82, 2.24) is 20.6 Å². The van der Waals surface area contributed by atoms with Gasteiger partial charge in [-0.1, -0.05) is 73.9 Å². The number of hydrogen-bond donors (Lipinski definition) is 3. The number of rotatable bonds is 8. The van der Waals surface area contributed by atoms with E-state index in [4.69, 9.17) is 0 Å². The molecule has 1 atom stereocenters. The molecule has 38 heavy (non-hydrogen) atoms. The summed E-state index contributed by atoms with van der Waals surface area (Å²) < 4.78 is 0. The van der Waals surface area contributed by atoms with Gasteiger partial charge in [-0.25, -0.2) is 4.98 Å². The van der Waals surface area contributed by atoms with E-state index in [0.29, 0.717) is 18.7 Å². The van der Waals surface area contributed by atoms with Gasteiger partial charge in [-0.15, -0.1) is 0 Å². The highest BCUT2D eigenvalue weighted by Crippen LogP contribution is 2.39. The van der Waals surface area contributed by atoms with Gasteiger partial charge in [0.2, 0.25) is 5.91 Å². The van der Waals surface area contributed by atoms with Crippen molar-refractivity contribution in [2.45, 2.75) is 63.3 Å². The van der Waals surface area contributed by atoms with Crippen LogP contribution in [0.2, 0.25) is 0 Å². The van der Waals surface area contributed by atoms with E-state index in [1.807, 2.05) is 56.4 Å². The highest BCUT2D eigenvalue weighted by molar-refractivity contribution is 5.98. The first-order valence-electron chi connectivity index (χ1n) is 13.5. The number of carbonyl (C=O) groups is 2. The van der Waals surface area contributed by atoms with E-state index in [-0.39, 0.29) is 17.2 Å². The summed E-state index contributed by atoms with van der Waals surface area (Å²) in [5.41, 5.74) is 3.03. The maximum atomic E-state index is 14.0. The lowest BCUT2D eigenvalue weighted by atomic mass is 9.69. The molecule has 3 N–H and O–H groups in total. The number of fused-ring (bicyclic) bond motifs is 1. The van der Waals surface area contributed by atoms with Crippen LogP contribution in [0.15, 0.2) is 79.0 Å². The fourth-order valence-corrected chi connectivity index (χ4v) is 5.86. The maximum absolute atomic E-state index is 14.0. The van der Waals surface area contributed by atoms with Gasteiger partial charge in [0.15, 0.2) is 0 Å². The number of para-hydroxylation sites is 1. The Morgan fingerprint density at radius 3 is 2.45 bits per heavy atom. The Bertz CT molecular complexity index is 1420. The first-order chi connectivity index (χ1) is 18.4. The summed E-state index contributed by atoms with van der Waals surface area (Å²) in [5, 5.41) is 7.37. The molecule has 4 aromatic rings. The second kappa shape index (κ2) is 10.8. The van der Waals surface area contributed by atoms with Crippen molar-refractivity contribution in [3.8, 4) is 0 Å². The number of hydrogen-bond acceptors (Lipinski definition) is 3. The molecule has 0 saturated heterocycles. The van der Waals surface area contributed by atoms with E-state index < -0.39 is 5.54 Å². The molecule has 1 fully saturated rings. The number of nitrogens with zero attached hydrogens (tertiary/aromatic N) is 1. The van der Waals surface area contributed by atoms with Crippen LogP contribution in [0.1, 0.15) is 66.3 Å². The van der Waals surface area contributed by atoms with Crippen molar-refractivity contribution in [2.75, 3.05) is 6.54 Å². The van der Waals surface area contributed by atoms with Crippen molar-refractivity contribution in [1.29, 1.82) is 0 Å². The summed E-state index contributed by atoms with van der Waals surface area (Å²) in [4.78, 5) is 35.0. The minimum atomic E-state index is -1.18. The number of nitrogens with one attached hydrogen (secondary N) is 3. The molecular formula is C32H36N4O2. The maximum Gasteiger partial charge on any atom is 0.270 e. The van der Waals surface area contributed by atoms with Crippen LogP contribution in [0.4, 0.5) is 0 Å².